The third kappa shape index (κ3) is 3.91. The summed E-state index contributed by atoms with van der Waals surface area (Å²) in [5.41, 5.74) is 5.31. The van der Waals surface area contributed by atoms with Gasteiger partial charge in [-0.2, -0.15) is 0 Å². The molecule has 3 aromatic rings. The predicted molar refractivity (Wildman–Crippen MR) is 134 cm³/mol. The van der Waals surface area contributed by atoms with Crippen LogP contribution in [0.5, 0.6) is 17.4 Å². The number of ether oxygens (including phenoxy) is 4. The number of aryl methyl sites for hydroxylation is 1. The van der Waals surface area contributed by atoms with Crippen molar-refractivity contribution in [2.45, 2.75) is 38.6 Å². The topological polar surface area (TPSA) is 54.2 Å². The van der Waals surface area contributed by atoms with Crippen LogP contribution in [0.15, 0.2) is 30.3 Å². The molecule has 5 rings (SSSR count). The molecule has 0 radical (unpaired) electrons. The zero-order valence-electron chi connectivity index (χ0n) is 21.0. The average molecular weight is 467 g/mol. The van der Waals surface area contributed by atoms with Crippen molar-refractivity contribution in [3.8, 4) is 28.6 Å². The first-order valence-electron chi connectivity index (χ1n) is 12.2. The molecule has 1 saturated heterocycles. The highest BCUT2D eigenvalue weighted by molar-refractivity contribution is 5.82. The van der Waals surface area contributed by atoms with Gasteiger partial charge in [-0.05, 0) is 43.5 Å². The molecule has 2 fully saturated rings. The minimum Gasteiger partial charge on any atom is -0.497 e. The molecule has 0 spiro atoms. The first-order valence-corrected chi connectivity index (χ1v) is 12.2. The van der Waals surface area contributed by atoms with Gasteiger partial charge in [-0.1, -0.05) is 6.07 Å². The Kier molecular flexibility index (Phi) is 6.16. The monoisotopic (exact) mass is 466 g/mol. The van der Waals surface area contributed by atoms with E-state index in [-0.39, 0.29) is 0 Å². The van der Waals surface area contributed by atoms with Gasteiger partial charge in [-0.15, -0.1) is 5.10 Å². The van der Waals surface area contributed by atoms with Crippen molar-refractivity contribution >= 4 is 11.2 Å². The number of fused-ring (bicyclic) bond motifs is 1. The highest BCUT2D eigenvalue weighted by Crippen LogP contribution is 2.46. The fourth-order valence-electron chi connectivity index (χ4n) is 5.69. The Labute approximate surface area is 201 Å². The fraction of sp³-hybridized carbons (Fsp3) is 0.519. The van der Waals surface area contributed by atoms with E-state index in [2.05, 4.69) is 32.2 Å². The van der Waals surface area contributed by atoms with Gasteiger partial charge in [-0.25, -0.2) is 4.52 Å². The summed E-state index contributed by atoms with van der Waals surface area (Å²) in [6.45, 7) is 4.82. The van der Waals surface area contributed by atoms with Gasteiger partial charge in [0.2, 0.25) is 5.69 Å². The van der Waals surface area contributed by atoms with Gasteiger partial charge in [-0.3, -0.25) is 4.48 Å². The van der Waals surface area contributed by atoms with Crippen molar-refractivity contribution in [2.75, 3.05) is 48.1 Å². The number of methoxy groups -OCH3 is 3. The number of pyridine rings is 1. The molecule has 1 atom stereocenters. The normalized spacial score (nSPS) is 18.6. The molecule has 0 N–H and O–H groups in total. The summed E-state index contributed by atoms with van der Waals surface area (Å²) in [6, 6.07) is 10.8. The highest BCUT2D eigenvalue weighted by Gasteiger charge is 2.45. The number of aromatic nitrogens is 2. The first-order chi connectivity index (χ1) is 16.5. The van der Waals surface area contributed by atoms with Crippen molar-refractivity contribution < 1.29 is 18.9 Å². The minimum atomic E-state index is 0.483. The lowest BCUT2D eigenvalue weighted by molar-refractivity contribution is 0.0432. The molecule has 7 nitrogen and oxygen atoms in total. The number of hydrogen-bond donors (Lipinski definition) is 0. The smallest absolute Gasteiger partial charge is 0.296 e. The van der Waals surface area contributed by atoms with Crippen LogP contribution in [0.1, 0.15) is 31.2 Å². The second-order valence-electron chi connectivity index (χ2n) is 9.82. The average Bonchev–Trinajstić information content (AvgIpc) is 3.59. The standard InChI is InChI=1S/C27H36N3O4/c1-18-15-21(31-3)16-24(32-4)25(18)22-7-6-8-23-26(27(33-5)28-29(22)23)30(2,17-19-9-10-19)20-11-13-34-14-12-20/h6-8,15-16,19-20H,9-14,17H2,1-5H3/q+1. The molecule has 0 bridgehead atoms. The van der Waals surface area contributed by atoms with Gasteiger partial charge >= 0.3 is 0 Å². The molecule has 3 heterocycles. The maximum Gasteiger partial charge on any atom is 0.296 e. The molecule has 1 aliphatic carbocycles. The summed E-state index contributed by atoms with van der Waals surface area (Å²) >= 11 is 0. The lowest BCUT2D eigenvalue weighted by Gasteiger charge is -2.42. The van der Waals surface area contributed by atoms with Gasteiger partial charge < -0.3 is 18.9 Å². The van der Waals surface area contributed by atoms with Crippen molar-refractivity contribution in [1.29, 1.82) is 0 Å². The lowest BCUT2D eigenvalue weighted by Crippen LogP contribution is -2.56. The molecule has 2 aromatic heterocycles. The molecule has 1 unspecified atom stereocenters. The van der Waals surface area contributed by atoms with Gasteiger partial charge in [0.1, 0.15) is 17.0 Å². The number of benzene rings is 1. The molecule has 1 aromatic carbocycles. The van der Waals surface area contributed by atoms with Crippen LogP contribution in [0.3, 0.4) is 0 Å². The van der Waals surface area contributed by atoms with Crippen LogP contribution in [0.25, 0.3) is 16.8 Å². The summed E-state index contributed by atoms with van der Waals surface area (Å²) in [7, 11) is 7.48. The van der Waals surface area contributed by atoms with Crippen molar-refractivity contribution in [2.24, 2.45) is 5.92 Å². The summed E-state index contributed by atoms with van der Waals surface area (Å²) in [4.78, 5) is 0. The number of quaternary nitrogens is 1. The Morgan fingerprint density at radius 3 is 2.44 bits per heavy atom. The van der Waals surface area contributed by atoms with Crippen molar-refractivity contribution in [3.63, 3.8) is 0 Å². The van der Waals surface area contributed by atoms with Gasteiger partial charge in [0.15, 0.2) is 0 Å². The summed E-state index contributed by atoms with van der Waals surface area (Å²) in [5, 5.41) is 5.02. The lowest BCUT2D eigenvalue weighted by atomic mass is 10.0. The fourth-order valence-corrected chi connectivity index (χ4v) is 5.69. The molecule has 1 aliphatic heterocycles. The van der Waals surface area contributed by atoms with Crippen molar-refractivity contribution in [1.82, 2.24) is 14.1 Å². The van der Waals surface area contributed by atoms with Gasteiger partial charge in [0.05, 0.1) is 59.9 Å². The molecule has 2 aliphatic rings. The van der Waals surface area contributed by atoms with E-state index in [1.54, 1.807) is 21.3 Å². The van der Waals surface area contributed by atoms with E-state index in [4.69, 9.17) is 24.0 Å². The van der Waals surface area contributed by atoms with Gasteiger partial charge in [0, 0.05) is 30.4 Å². The van der Waals surface area contributed by atoms with Crippen LogP contribution < -0.4 is 18.7 Å². The third-order valence-electron chi connectivity index (χ3n) is 7.62. The molecule has 1 saturated carbocycles. The van der Waals surface area contributed by atoms with E-state index in [1.165, 1.54) is 18.5 Å². The zero-order valence-corrected chi connectivity index (χ0v) is 21.0. The SMILES string of the molecule is COc1cc(C)c(-c2cccc3c([N+](C)(CC4CC4)C4CCOCC4)c(OC)nn23)c(OC)c1. The second-order valence-corrected chi connectivity index (χ2v) is 9.82. The maximum absolute atomic E-state index is 5.95. The van der Waals surface area contributed by atoms with Crippen LogP contribution in [0.2, 0.25) is 0 Å². The second kappa shape index (κ2) is 9.12. The largest absolute Gasteiger partial charge is 0.497 e. The predicted octanol–water partition coefficient (Wildman–Crippen LogP) is 4.86. The van der Waals surface area contributed by atoms with Gasteiger partial charge in [0.25, 0.3) is 5.88 Å². The van der Waals surface area contributed by atoms with Crippen molar-refractivity contribution in [3.05, 3.63) is 35.9 Å². The Bertz CT molecular complexity index is 1180. The maximum atomic E-state index is 5.95. The molecule has 34 heavy (non-hydrogen) atoms. The highest BCUT2D eigenvalue weighted by atomic mass is 16.5. The quantitative estimate of drug-likeness (QED) is 0.444. The molecule has 7 heteroatoms. The number of rotatable bonds is 8. The Morgan fingerprint density at radius 2 is 1.79 bits per heavy atom. The number of nitrogens with zero attached hydrogens (tertiary/aromatic N) is 3. The van der Waals surface area contributed by atoms with Crippen LogP contribution in [-0.2, 0) is 4.74 Å². The molecular formula is C27H36N3O4+. The van der Waals surface area contributed by atoms with Crippen LogP contribution in [-0.4, -0.2) is 63.8 Å². The van der Waals surface area contributed by atoms with E-state index in [9.17, 15) is 0 Å². The van der Waals surface area contributed by atoms with Crippen LogP contribution in [0.4, 0.5) is 5.69 Å². The third-order valence-corrected chi connectivity index (χ3v) is 7.62. The van der Waals surface area contributed by atoms with Crippen LogP contribution in [0, 0.1) is 12.8 Å². The van der Waals surface area contributed by atoms with Crippen LogP contribution >= 0.6 is 0 Å². The number of hydrogen-bond acceptors (Lipinski definition) is 5. The summed E-state index contributed by atoms with van der Waals surface area (Å²) in [5.74, 6) is 3.00. The van der Waals surface area contributed by atoms with E-state index in [0.717, 1.165) is 76.8 Å². The molecule has 0 amide bonds. The van der Waals surface area contributed by atoms with E-state index in [0.29, 0.717) is 11.9 Å². The Morgan fingerprint density at radius 1 is 1.03 bits per heavy atom. The molecule has 182 valence electrons. The Balaban J connectivity index is 1.72. The van der Waals surface area contributed by atoms with E-state index < -0.39 is 0 Å². The van der Waals surface area contributed by atoms with E-state index >= 15 is 0 Å². The van der Waals surface area contributed by atoms with E-state index in [1.807, 2.05) is 16.6 Å². The minimum absolute atomic E-state index is 0.483. The zero-order chi connectivity index (χ0) is 23.9. The summed E-state index contributed by atoms with van der Waals surface area (Å²) < 4.78 is 25.8. The first kappa shape index (κ1) is 23.0. The Hall–Kier alpha value is -2.77. The molecular weight excluding hydrogens is 430 g/mol. The summed E-state index contributed by atoms with van der Waals surface area (Å²) in [6.07, 6.45) is 4.72.